The van der Waals surface area contributed by atoms with Gasteiger partial charge in [0.15, 0.2) is 0 Å². The third-order valence-electron chi connectivity index (χ3n) is 3.39. The normalized spacial score (nSPS) is 16.0. The van der Waals surface area contributed by atoms with Gasteiger partial charge in [0, 0.05) is 24.2 Å². The van der Waals surface area contributed by atoms with Crippen LogP contribution in [0.25, 0.3) is 0 Å². The maximum Gasteiger partial charge on any atom is 0.244 e. The van der Waals surface area contributed by atoms with E-state index in [1.54, 1.807) is 10.4 Å². The van der Waals surface area contributed by atoms with Gasteiger partial charge in [-0.15, -0.1) is 0 Å². The van der Waals surface area contributed by atoms with Gasteiger partial charge in [-0.05, 0) is 36.5 Å². The van der Waals surface area contributed by atoms with Crippen LogP contribution in [-0.2, 0) is 16.6 Å². The number of benzene rings is 1. The van der Waals surface area contributed by atoms with Crippen LogP contribution in [0.1, 0.15) is 32.3 Å². The molecule has 0 aliphatic heterocycles. The van der Waals surface area contributed by atoms with Gasteiger partial charge in [-0.3, -0.25) is 0 Å². The molecule has 0 spiro atoms. The number of nitrogens with zero attached hydrogens (tertiary/aromatic N) is 1. The van der Waals surface area contributed by atoms with Crippen molar-refractivity contribution in [1.82, 2.24) is 4.31 Å². The molecule has 1 aromatic rings. The average Bonchev–Trinajstić information content (AvgIpc) is 3.22. The van der Waals surface area contributed by atoms with Crippen LogP contribution < -0.4 is 5.73 Å². The molecule has 0 unspecified atom stereocenters. The summed E-state index contributed by atoms with van der Waals surface area (Å²) in [4.78, 5) is 0.0599. The van der Waals surface area contributed by atoms with E-state index in [0.29, 0.717) is 17.1 Å². The molecule has 7 heteroatoms. The van der Waals surface area contributed by atoms with Gasteiger partial charge in [0.1, 0.15) is 4.90 Å². The lowest BCUT2D eigenvalue weighted by Gasteiger charge is -2.24. The van der Waals surface area contributed by atoms with Gasteiger partial charge in [0.05, 0.1) is 5.02 Å². The van der Waals surface area contributed by atoms with E-state index in [1.807, 2.05) is 13.8 Å². The Morgan fingerprint density at radius 2 is 1.95 bits per heavy atom. The predicted molar refractivity (Wildman–Crippen MR) is 86.1 cm³/mol. The Labute approximate surface area is 136 Å². The van der Waals surface area contributed by atoms with Gasteiger partial charge in [-0.1, -0.05) is 37.0 Å². The van der Waals surface area contributed by atoms with E-state index >= 15 is 0 Å². The van der Waals surface area contributed by atoms with Crippen molar-refractivity contribution in [2.75, 3.05) is 6.54 Å². The minimum absolute atomic E-state index is 0.0599. The molecule has 1 aromatic carbocycles. The Balaban J connectivity index is 2.49. The molecule has 1 aliphatic rings. The van der Waals surface area contributed by atoms with Crippen molar-refractivity contribution in [2.24, 2.45) is 11.7 Å². The van der Waals surface area contributed by atoms with Gasteiger partial charge < -0.3 is 5.73 Å². The number of hydrogen-bond donors (Lipinski definition) is 1. The summed E-state index contributed by atoms with van der Waals surface area (Å²) in [6, 6.07) is 3.09. The van der Waals surface area contributed by atoms with Crippen LogP contribution in [0.5, 0.6) is 0 Å². The quantitative estimate of drug-likeness (QED) is 0.856. The smallest absolute Gasteiger partial charge is 0.244 e. The first-order chi connectivity index (χ1) is 9.77. The van der Waals surface area contributed by atoms with Gasteiger partial charge in [-0.25, -0.2) is 8.42 Å². The standard InChI is InChI=1S/C14H20Cl2N2O2S/c1-9(2)8-18(12-3-4-12)21(19,20)13-6-11(15)5-10(7-17)14(13)16/h5-6,9,12H,3-4,7-8,17H2,1-2H3. The van der Waals surface area contributed by atoms with E-state index in [4.69, 9.17) is 28.9 Å². The minimum atomic E-state index is -3.66. The molecule has 0 aromatic heterocycles. The highest BCUT2D eigenvalue weighted by Gasteiger charge is 2.39. The topological polar surface area (TPSA) is 63.4 Å². The summed E-state index contributed by atoms with van der Waals surface area (Å²) in [7, 11) is -3.66. The molecule has 0 amide bonds. The molecule has 118 valence electrons. The number of halogens is 2. The van der Waals surface area contributed by atoms with Crippen LogP contribution in [-0.4, -0.2) is 25.3 Å². The second-order valence-corrected chi connectivity index (χ2v) is 8.45. The zero-order chi connectivity index (χ0) is 15.8. The van der Waals surface area contributed by atoms with E-state index in [-0.39, 0.29) is 28.4 Å². The van der Waals surface area contributed by atoms with Crippen molar-refractivity contribution in [1.29, 1.82) is 0 Å². The highest BCUT2D eigenvalue weighted by molar-refractivity contribution is 7.89. The second kappa shape index (κ2) is 6.42. The molecule has 0 radical (unpaired) electrons. The van der Waals surface area contributed by atoms with Crippen LogP contribution in [0.4, 0.5) is 0 Å². The fourth-order valence-electron chi connectivity index (χ4n) is 2.25. The molecule has 0 atom stereocenters. The summed E-state index contributed by atoms with van der Waals surface area (Å²) in [6.07, 6.45) is 1.79. The van der Waals surface area contributed by atoms with Crippen LogP contribution in [0, 0.1) is 5.92 Å². The minimum Gasteiger partial charge on any atom is -0.326 e. The molecular weight excluding hydrogens is 331 g/mol. The van der Waals surface area contributed by atoms with E-state index in [9.17, 15) is 8.42 Å². The van der Waals surface area contributed by atoms with E-state index in [1.165, 1.54) is 6.07 Å². The zero-order valence-electron chi connectivity index (χ0n) is 12.1. The number of rotatable bonds is 6. The predicted octanol–water partition coefficient (Wildman–Crippen LogP) is 3.26. The Bertz CT molecular complexity index is 628. The molecule has 0 heterocycles. The van der Waals surface area contributed by atoms with Gasteiger partial charge in [0.2, 0.25) is 10.0 Å². The van der Waals surface area contributed by atoms with Crippen LogP contribution in [0.3, 0.4) is 0 Å². The SMILES string of the molecule is CC(C)CN(C1CC1)S(=O)(=O)c1cc(Cl)cc(CN)c1Cl. The van der Waals surface area contributed by atoms with Crippen molar-refractivity contribution < 1.29 is 8.42 Å². The van der Waals surface area contributed by atoms with Crippen LogP contribution >= 0.6 is 23.2 Å². The molecule has 1 fully saturated rings. The van der Waals surface area contributed by atoms with Crippen molar-refractivity contribution in [3.05, 3.63) is 27.7 Å². The lowest BCUT2D eigenvalue weighted by atomic mass is 10.2. The first-order valence-corrected chi connectivity index (χ1v) is 9.16. The molecule has 1 aliphatic carbocycles. The monoisotopic (exact) mass is 350 g/mol. The molecule has 0 bridgehead atoms. The van der Waals surface area contributed by atoms with Crippen LogP contribution in [0.2, 0.25) is 10.0 Å². The highest BCUT2D eigenvalue weighted by atomic mass is 35.5. The van der Waals surface area contributed by atoms with Crippen LogP contribution in [0.15, 0.2) is 17.0 Å². The molecule has 4 nitrogen and oxygen atoms in total. The average molecular weight is 351 g/mol. The summed E-state index contributed by atoms with van der Waals surface area (Å²) >= 11 is 12.2. The molecule has 2 N–H and O–H groups in total. The highest BCUT2D eigenvalue weighted by Crippen LogP contribution is 2.37. The van der Waals surface area contributed by atoms with Gasteiger partial charge in [0.25, 0.3) is 0 Å². The Hall–Kier alpha value is -0.330. The zero-order valence-corrected chi connectivity index (χ0v) is 14.5. The summed E-state index contributed by atoms with van der Waals surface area (Å²) < 4.78 is 27.4. The van der Waals surface area contributed by atoms with Crippen molar-refractivity contribution in [2.45, 2.75) is 44.2 Å². The molecule has 21 heavy (non-hydrogen) atoms. The number of hydrogen-bond acceptors (Lipinski definition) is 3. The Morgan fingerprint density at radius 3 is 2.43 bits per heavy atom. The summed E-state index contributed by atoms with van der Waals surface area (Å²) in [6.45, 7) is 4.62. The fourth-order valence-corrected chi connectivity index (χ4v) is 5.01. The van der Waals surface area contributed by atoms with E-state index < -0.39 is 10.0 Å². The Kier molecular flexibility index (Phi) is 5.21. The summed E-state index contributed by atoms with van der Waals surface area (Å²) in [5, 5.41) is 0.509. The third kappa shape index (κ3) is 3.71. The lowest BCUT2D eigenvalue weighted by molar-refractivity contribution is 0.360. The Morgan fingerprint density at radius 1 is 1.33 bits per heavy atom. The maximum absolute atomic E-state index is 12.9. The largest absolute Gasteiger partial charge is 0.326 e. The second-order valence-electron chi connectivity index (χ2n) is 5.78. The first-order valence-electron chi connectivity index (χ1n) is 6.97. The molecule has 1 saturated carbocycles. The number of nitrogens with two attached hydrogens (primary N) is 1. The van der Waals surface area contributed by atoms with Crippen molar-refractivity contribution in [3.63, 3.8) is 0 Å². The summed E-state index contributed by atoms with van der Waals surface area (Å²) in [5.41, 5.74) is 6.15. The van der Waals surface area contributed by atoms with Crippen molar-refractivity contribution >= 4 is 33.2 Å². The third-order valence-corrected chi connectivity index (χ3v) is 6.10. The van der Waals surface area contributed by atoms with E-state index in [0.717, 1.165) is 12.8 Å². The summed E-state index contributed by atoms with van der Waals surface area (Å²) in [5.74, 6) is 0.243. The fraction of sp³-hybridized carbons (Fsp3) is 0.571. The van der Waals surface area contributed by atoms with Gasteiger partial charge >= 0.3 is 0 Å². The van der Waals surface area contributed by atoms with Gasteiger partial charge in [-0.2, -0.15) is 4.31 Å². The molecule has 2 rings (SSSR count). The first kappa shape index (κ1) is 17.0. The van der Waals surface area contributed by atoms with E-state index in [2.05, 4.69) is 0 Å². The molecule has 0 saturated heterocycles. The lowest BCUT2D eigenvalue weighted by Crippen LogP contribution is -2.36. The molecular formula is C14H20Cl2N2O2S. The van der Waals surface area contributed by atoms with Crippen molar-refractivity contribution in [3.8, 4) is 0 Å². The maximum atomic E-state index is 12.9. The number of sulfonamides is 1.